The lowest BCUT2D eigenvalue weighted by atomic mass is 10.2. The van der Waals surface area contributed by atoms with Crippen LogP contribution in [0.1, 0.15) is 23.2 Å². The Morgan fingerprint density at radius 3 is 2.00 bits per heavy atom. The van der Waals surface area contributed by atoms with Gasteiger partial charge in [-0.25, -0.2) is 4.98 Å². The van der Waals surface area contributed by atoms with Gasteiger partial charge in [-0.05, 0) is 61.4 Å². The van der Waals surface area contributed by atoms with Gasteiger partial charge in [0.1, 0.15) is 22.8 Å². The van der Waals surface area contributed by atoms with Gasteiger partial charge >= 0.3 is 0 Å². The number of para-hydroxylation sites is 1. The Labute approximate surface area is 192 Å². The molecule has 1 saturated heterocycles. The van der Waals surface area contributed by atoms with Gasteiger partial charge < -0.3 is 25.8 Å². The first-order chi connectivity index (χ1) is 16.0. The maximum Gasteiger partial charge on any atom is 0.254 e. The normalized spacial score (nSPS) is 12.3. The number of carbonyl (C=O) groups excluding carboxylic acids is 2. The fourth-order valence-electron chi connectivity index (χ4n) is 3.16. The molecule has 1 aliphatic rings. The number of ether oxygens (including phenoxy) is 2. The summed E-state index contributed by atoms with van der Waals surface area (Å²) >= 11 is 0. The summed E-state index contributed by atoms with van der Waals surface area (Å²) in [4.78, 5) is 27.9. The molecule has 1 aromatic heterocycles. The molecule has 2 heterocycles. The number of rotatable bonds is 7. The monoisotopic (exact) mass is 446 g/mol. The van der Waals surface area contributed by atoms with E-state index >= 15 is 0 Å². The van der Waals surface area contributed by atoms with E-state index in [1.54, 1.807) is 36.5 Å². The predicted molar refractivity (Wildman–Crippen MR) is 127 cm³/mol. The second kappa shape index (κ2) is 11.3. The van der Waals surface area contributed by atoms with Crippen molar-refractivity contribution in [3.8, 4) is 23.1 Å². The fraction of sp³-hybridized carbons (Fsp3) is 0.160. The minimum Gasteiger partial charge on any atom is -0.457 e. The van der Waals surface area contributed by atoms with E-state index in [0.29, 0.717) is 11.5 Å². The topological polar surface area (TPSA) is 121 Å². The second-order valence-electron chi connectivity index (χ2n) is 7.20. The van der Waals surface area contributed by atoms with E-state index in [4.69, 9.17) is 15.2 Å². The van der Waals surface area contributed by atoms with Crippen LogP contribution < -0.4 is 25.8 Å². The summed E-state index contributed by atoms with van der Waals surface area (Å²) in [6, 6.07) is 18.4. The molecular weight excluding hydrogens is 420 g/mol. The van der Waals surface area contributed by atoms with Crippen molar-refractivity contribution < 1.29 is 19.1 Å². The number of pyridine rings is 1. The van der Waals surface area contributed by atoms with Crippen molar-refractivity contribution in [2.24, 2.45) is 11.5 Å². The standard InChI is InChI=1S/C22H21N3O3.C3H5NO/c23-21(26)20-14-16(25-12-4-5-13-25)15-24-22(20)28-19-10-8-18(9-11-19)27-17-6-2-1-3-7-17;1-2-3(4)5/h1-3,6-11,14-15H,4-5,12-13H2,(H2,23,26);2H,1H2,(H2,4,5). The maximum absolute atomic E-state index is 11.9. The van der Waals surface area contributed by atoms with Crippen LogP contribution in [0, 0.1) is 0 Å². The molecular formula is C25H26N4O4. The van der Waals surface area contributed by atoms with Crippen LogP contribution >= 0.6 is 0 Å². The molecule has 4 N–H and O–H groups in total. The number of primary amides is 2. The van der Waals surface area contributed by atoms with Crippen LogP contribution in [-0.2, 0) is 4.79 Å². The summed E-state index contributed by atoms with van der Waals surface area (Å²) in [5.74, 6) is 1.14. The summed E-state index contributed by atoms with van der Waals surface area (Å²) in [5, 5.41) is 0. The van der Waals surface area contributed by atoms with E-state index < -0.39 is 11.8 Å². The molecule has 0 atom stereocenters. The molecule has 0 spiro atoms. The van der Waals surface area contributed by atoms with Crippen LogP contribution in [0.25, 0.3) is 0 Å². The molecule has 2 aromatic carbocycles. The first-order valence-electron chi connectivity index (χ1n) is 10.4. The van der Waals surface area contributed by atoms with Crippen molar-refractivity contribution in [1.82, 2.24) is 4.98 Å². The van der Waals surface area contributed by atoms with Gasteiger partial charge in [-0.1, -0.05) is 24.8 Å². The Hall–Kier alpha value is -4.33. The largest absolute Gasteiger partial charge is 0.457 e. The number of amides is 2. The molecule has 170 valence electrons. The number of benzene rings is 2. The molecule has 4 rings (SSSR count). The highest BCUT2D eigenvalue weighted by molar-refractivity contribution is 5.96. The van der Waals surface area contributed by atoms with Gasteiger partial charge in [-0.2, -0.15) is 0 Å². The third-order valence-electron chi connectivity index (χ3n) is 4.79. The Morgan fingerprint density at radius 2 is 1.45 bits per heavy atom. The molecule has 0 unspecified atom stereocenters. The highest BCUT2D eigenvalue weighted by atomic mass is 16.5. The molecule has 2 amide bonds. The van der Waals surface area contributed by atoms with Crippen molar-refractivity contribution in [3.63, 3.8) is 0 Å². The van der Waals surface area contributed by atoms with Crippen LogP contribution in [0.4, 0.5) is 5.69 Å². The van der Waals surface area contributed by atoms with E-state index in [1.165, 1.54) is 0 Å². The molecule has 33 heavy (non-hydrogen) atoms. The van der Waals surface area contributed by atoms with Gasteiger partial charge in [0.15, 0.2) is 0 Å². The van der Waals surface area contributed by atoms with E-state index in [9.17, 15) is 9.59 Å². The zero-order valence-electron chi connectivity index (χ0n) is 18.1. The summed E-state index contributed by atoms with van der Waals surface area (Å²) in [6.45, 7) is 5.01. The second-order valence-corrected chi connectivity index (χ2v) is 7.20. The molecule has 0 bridgehead atoms. The van der Waals surface area contributed by atoms with E-state index in [0.717, 1.165) is 43.4 Å². The maximum atomic E-state index is 11.9. The third-order valence-corrected chi connectivity index (χ3v) is 4.79. The van der Waals surface area contributed by atoms with Crippen LogP contribution in [0.3, 0.4) is 0 Å². The van der Waals surface area contributed by atoms with Gasteiger partial charge in [-0.15, -0.1) is 0 Å². The van der Waals surface area contributed by atoms with E-state index in [1.807, 2.05) is 30.3 Å². The third kappa shape index (κ3) is 6.83. The van der Waals surface area contributed by atoms with Gasteiger partial charge in [-0.3, -0.25) is 9.59 Å². The van der Waals surface area contributed by atoms with Crippen LogP contribution in [-0.4, -0.2) is 29.9 Å². The number of aromatic nitrogens is 1. The number of carbonyl (C=O) groups is 2. The highest BCUT2D eigenvalue weighted by Crippen LogP contribution is 2.30. The van der Waals surface area contributed by atoms with Crippen molar-refractivity contribution in [2.45, 2.75) is 12.8 Å². The molecule has 0 saturated carbocycles. The van der Waals surface area contributed by atoms with E-state index in [2.05, 4.69) is 22.2 Å². The summed E-state index contributed by atoms with van der Waals surface area (Å²) in [5.41, 5.74) is 11.2. The SMILES string of the molecule is C=CC(N)=O.NC(=O)c1cc(N2CCCC2)cnc1Oc1ccc(Oc2ccccc2)cc1. The Morgan fingerprint density at radius 1 is 0.909 bits per heavy atom. The molecule has 0 radical (unpaired) electrons. The van der Waals surface area contributed by atoms with Crippen LogP contribution in [0.5, 0.6) is 23.1 Å². The van der Waals surface area contributed by atoms with Gasteiger partial charge in [0, 0.05) is 13.1 Å². The number of hydrogen-bond acceptors (Lipinski definition) is 6. The smallest absolute Gasteiger partial charge is 0.254 e. The van der Waals surface area contributed by atoms with Crippen LogP contribution in [0.2, 0.25) is 0 Å². The Balaban J connectivity index is 0.000000555. The van der Waals surface area contributed by atoms with Crippen molar-refractivity contribution in [1.29, 1.82) is 0 Å². The molecule has 1 fully saturated rings. The lowest BCUT2D eigenvalue weighted by Crippen LogP contribution is -2.20. The molecule has 1 aliphatic heterocycles. The minimum atomic E-state index is -0.562. The molecule has 0 aliphatic carbocycles. The van der Waals surface area contributed by atoms with Crippen molar-refractivity contribution in [2.75, 3.05) is 18.0 Å². The number of nitrogens with zero attached hydrogens (tertiary/aromatic N) is 2. The first-order valence-corrected chi connectivity index (χ1v) is 10.4. The minimum absolute atomic E-state index is 0.201. The number of hydrogen-bond donors (Lipinski definition) is 2. The fourth-order valence-corrected chi connectivity index (χ4v) is 3.16. The lowest BCUT2D eigenvalue weighted by molar-refractivity contribution is -0.113. The Bertz CT molecular complexity index is 1100. The van der Waals surface area contributed by atoms with Crippen molar-refractivity contribution in [3.05, 3.63) is 85.1 Å². The lowest BCUT2D eigenvalue weighted by Gasteiger charge is -2.18. The van der Waals surface area contributed by atoms with Gasteiger partial charge in [0.25, 0.3) is 5.91 Å². The summed E-state index contributed by atoms with van der Waals surface area (Å²) in [6.07, 6.45) is 5.06. The van der Waals surface area contributed by atoms with E-state index in [-0.39, 0.29) is 11.4 Å². The molecule has 8 heteroatoms. The summed E-state index contributed by atoms with van der Waals surface area (Å²) in [7, 11) is 0. The van der Waals surface area contributed by atoms with Crippen LogP contribution in [0.15, 0.2) is 79.5 Å². The van der Waals surface area contributed by atoms with Gasteiger partial charge in [0.2, 0.25) is 11.8 Å². The number of anilines is 1. The zero-order chi connectivity index (χ0) is 23.6. The molecule has 3 aromatic rings. The van der Waals surface area contributed by atoms with Crippen molar-refractivity contribution >= 4 is 17.5 Å². The quantitative estimate of drug-likeness (QED) is 0.529. The summed E-state index contributed by atoms with van der Waals surface area (Å²) < 4.78 is 11.6. The average Bonchev–Trinajstić information content (AvgIpc) is 3.36. The molecule has 8 nitrogen and oxygen atoms in total. The first kappa shape index (κ1) is 23.3. The predicted octanol–water partition coefficient (Wildman–Crippen LogP) is 4.02. The average molecular weight is 447 g/mol. The Kier molecular flexibility index (Phi) is 8.02. The highest BCUT2D eigenvalue weighted by Gasteiger charge is 2.18. The zero-order valence-corrected chi connectivity index (χ0v) is 18.1. The number of nitrogens with two attached hydrogens (primary N) is 2. The van der Waals surface area contributed by atoms with Gasteiger partial charge in [0.05, 0.1) is 11.9 Å².